The summed E-state index contributed by atoms with van der Waals surface area (Å²) in [5.74, 6) is 0.881. The van der Waals surface area contributed by atoms with Gasteiger partial charge in [0.2, 0.25) is 0 Å². The molecular weight excluding hydrogens is 524 g/mol. The fourth-order valence-electron chi connectivity index (χ4n) is 3.87. The molecule has 1 unspecified atom stereocenters. The first-order valence-corrected chi connectivity index (χ1v) is 10.5. The Morgan fingerprint density at radius 2 is 1.97 bits per heavy atom. The Bertz CT molecular complexity index is 699. The molecule has 2 fully saturated rings. The van der Waals surface area contributed by atoms with Gasteiger partial charge in [-0.05, 0) is 24.5 Å². The van der Waals surface area contributed by atoms with Crippen LogP contribution in [0.25, 0.3) is 0 Å². The van der Waals surface area contributed by atoms with Crippen LogP contribution in [-0.4, -0.2) is 80.5 Å². The van der Waals surface area contributed by atoms with Gasteiger partial charge < -0.3 is 19.7 Å². The Morgan fingerprint density at radius 3 is 2.68 bits per heavy atom. The second kappa shape index (κ2) is 12.8. The lowest BCUT2D eigenvalue weighted by Gasteiger charge is -2.32. The molecule has 1 atom stereocenters. The number of benzene rings is 1. The molecule has 0 bridgehead atoms. The lowest BCUT2D eigenvalue weighted by molar-refractivity contribution is -0.176. The average Bonchev–Trinajstić information content (AvgIpc) is 3.21. The molecule has 0 radical (unpaired) electrons. The first kappa shape index (κ1) is 26.1. The van der Waals surface area contributed by atoms with Crippen LogP contribution in [0.1, 0.15) is 24.5 Å². The molecule has 0 spiro atoms. The third kappa shape index (κ3) is 8.74. The third-order valence-corrected chi connectivity index (χ3v) is 5.30. The largest absolute Gasteiger partial charge is 0.411 e. The number of alkyl halides is 3. The Balaban J connectivity index is 0.00000341. The van der Waals surface area contributed by atoms with Crippen LogP contribution in [0.15, 0.2) is 29.3 Å². The molecule has 0 saturated carbocycles. The van der Waals surface area contributed by atoms with Crippen molar-refractivity contribution < 1.29 is 22.6 Å². The van der Waals surface area contributed by atoms with E-state index in [9.17, 15) is 13.2 Å². The quantitative estimate of drug-likeness (QED) is 0.318. The molecule has 2 aliphatic heterocycles. The summed E-state index contributed by atoms with van der Waals surface area (Å²) >= 11 is 0. The molecular formula is C21H32F3IN4O2. The summed E-state index contributed by atoms with van der Waals surface area (Å²) < 4.78 is 47.0. The van der Waals surface area contributed by atoms with Crippen LogP contribution in [0.5, 0.6) is 0 Å². The highest BCUT2D eigenvalue weighted by Gasteiger charge is 2.30. The molecule has 0 aromatic heterocycles. The summed E-state index contributed by atoms with van der Waals surface area (Å²) in [6.07, 6.45) is -3.20. The van der Waals surface area contributed by atoms with Gasteiger partial charge in [-0.25, -0.2) is 4.99 Å². The van der Waals surface area contributed by atoms with Crippen molar-refractivity contribution in [2.75, 3.05) is 52.5 Å². The summed E-state index contributed by atoms with van der Waals surface area (Å²) in [6.45, 7) is 7.45. The van der Waals surface area contributed by atoms with Crippen molar-refractivity contribution in [3.8, 4) is 0 Å². The Morgan fingerprint density at radius 1 is 1.23 bits per heavy atom. The standard InChI is InChI=1S/C21H31F3N4O2.HI/c1-2-25-20(28-7-6-19(14-28)27-8-10-29-11-9-27)26-13-17-4-3-5-18(12-17)15-30-16-21(22,23)24;/h3-5,12,19H,2,6-11,13-16H2,1H3,(H,25,26);1H. The molecule has 0 aliphatic carbocycles. The van der Waals surface area contributed by atoms with E-state index >= 15 is 0 Å². The van der Waals surface area contributed by atoms with Crippen molar-refractivity contribution in [3.05, 3.63) is 35.4 Å². The molecule has 3 rings (SSSR count). The molecule has 1 aromatic carbocycles. The van der Waals surface area contributed by atoms with Crippen LogP contribution in [0, 0.1) is 0 Å². The van der Waals surface area contributed by atoms with Crippen molar-refractivity contribution >= 4 is 29.9 Å². The van der Waals surface area contributed by atoms with Gasteiger partial charge in [-0.15, -0.1) is 24.0 Å². The van der Waals surface area contributed by atoms with Crippen molar-refractivity contribution in [2.24, 2.45) is 4.99 Å². The summed E-state index contributed by atoms with van der Waals surface area (Å²) in [7, 11) is 0. The summed E-state index contributed by atoms with van der Waals surface area (Å²) in [6, 6.07) is 7.90. The van der Waals surface area contributed by atoms with Gasteiger partial charge in [-0.3, -0.25) is 4.90 Å². The number of rotatable bonds is 7. The van der Waals surface area contributed by atoms with Gasteiger partial charge in [0, 0.05) is 38.8 Å². The number of hydrogen-bond acceptors (Lipinski definition) is 4. The second-order valence-corrected chi connectivity index (χ2v) is 7.63. The number of likely N-dealkylation sites (tertiary alicyclic amines) is 1. The lowest BCUT2D eigenvalue weighted by atomic mass is 10.1. The van der Waals surface area contributed by atoms with Crippen LogP contribution in [0.2, 0.25) is 0 Å². The van der Waals surface area contributed by atoms with Gasteiger partial charge in [0.25, 0.3) is 0 Å². The lowest BCUT2D eigenvalue weighted by Crippen LogP contribution is -2.46. The normalized spacial score (nSPS) is 20.6. The van der Waals surface area contributed by atoms with E-state index in [2.05, 4.69) is 15.1 Å². The number of hydrogen-bond donors (Lipinski definition) is 1. The minimum Gasteiger partial charge on any atom is -0.379 e. The maximum Gasteiger partial charge on any atom is 0.411 e. The summed E-state index contributed by atoms with van der Waals surface area (Å²) in [4.78, 5) is 9.56. The highest BCUT2D eigenvalue weighted by Crippen LogP contribution is 2.18. The predicted octanol–water partition coefficient (Wildman–Crippen LogP) is 3.26. The van der Waals surface area contributed by atoms with E-state index in [0.29, 0.717) is 18.2 Å². The van der Waals surface area contributed by atoms with Gasteiger partial charge in [-0.2, -0.15) is 13.2 Å². The molecule has 2 heterocycles. The Labute approximate surface area is 199 Å². The van der Waals surface area contributed by atoms with Crippen molar-refractivity contribution in [1.82, 2.24) is 15.1 Å². The number of aliphatic imine (C=N–C) groups is 1. The molecule has 176 valence electrons. The van der Waals surface area contributed by atoms with Crippen LogP contribution < -0.4 is 5.32 Å². The van der Waals surface area contributed by atoms with Crippen LogP contribution in [0.4, 0.5) is 13.2 Å². The third-order valence-electron chi connectivity index (χ3n) is 5.30. The fraction of sp³-hybridized carbons (Fsp3) is 0.667. The molecule has 31 heavy (non-hydrogen) atoms. The zero-order chi connectivity index (χ0) is 21.4. The highest BCUT2D eigenvalue weighted by molar-refractivity contribution is 14.0. The van der Waals surface area contributed by atoms with Crippen molar-refractivity contribution in [2.45, 2.75) is 38.7 Å². The SMILES string of the molecule is CCNC(=NCc1cccc(COCC(F)(F)F)c1)N1CCC(N2CCOCC2)C1.I. The minimum absolute atomic E-state index is 0. The van der Waals surface area contributed by atoms with Gasteiger partial charge in [0.1, 0.15) is 6.61 Å². The molecule has 10 heteroatoms. The van der Waals surface area contributed by atoms with Crippen LogP contribution in [-0.2, 0) is 22.6 Å². The van der Waals surface area contributed by atoms with Gasteiger partial charge >= 0.3 is 6.18 Å². The molecule has 1 aromatic rings. The number of morpholine rings is 1. The Kier molecular flexibility index (Phi) is 10.8. The maximum absolute atomic E-state index is 12.3. The average molecular weight is 556 g/mol. The fourth-order valence-corrected chi connectivity index (χ4v) is 3.87. The second-order valence-electron chi connectivity index (χ2n) is 7.63. The first-order chi connectivity index (χ1) is 14.4. The highest BCUT2D eigenvalue weighted by atomic mass is 127. The van der Waals surface area contributed by atoms with E-state index in [0.717, 1.165) is 63.9 Å². The van der Waals surface area contributed by atoms with Gasteiger partial charge in [-0.1, -0.05) is 24.3 Å². The van der Waals surface area contributed by atoms with Crippen molar-refractivity contribution in [1.29, 1.82) is 0 Å². The predicted molar refractivity (Wildman–Crippen MR) is 125 cm³/mol. The van der Waals surface area contributed by atoms with E-state index < -0.39 is 12.8 Å². The molecule has 6 nitrogen and oxygen atoms in total. The van der Waals surface area contributed by atoms with E-state index in [-0.39, 0.29) is 30.6 Å². The van der Waals surface area contributed by atoms with Gasteiger partial charge in [0.05, 0.1) is 26.4 Å². The summed E-state index contributed by atoms with van der Waals surface area (Å²) in [5, 5.41) is 3.37. The topological polar surface area (TPSA) is 49.3 Å². The van der Waals surface area contributed by atoms with E-state index in [4.69, 9.17) is 14.5 Å². The van der Waals surface area contributed by atoms with Crippen molar-refractivity contribution in [3.63, 3.8) is 0 Å². The molecule has 0 amide bonds. The van der Waals surface area contributed by atoms with Crippen LogP contribution >= 0.6 is 24.0 Å². The van der Waals surface area contributed by atoms with E-state index in [1.165, 1.54) is 0 Å². The van der Waals surface area contributed by atoms with Gasteiger partial charge in [0.15, 0.2) is 5.96 Å². The maximum atomic E-state index is 12.3. The monoisotopic (exact) mass is 556 g/mol. The van der Waals surface area contributed by atoms with E-state index in [1.54, 1.807) is 6.07 Å². The number of nitrogens with zero attached hydrogens (tertiary/aromatic N) is 3. The zero-order valence-corrected chi connectivity index (χ0v) is 20.2. The summed E-state index contributed by atoms with van der Waals surface area (Å²) in [5.41, 5.74) is 1.66. The molecule has 1 N–H and O–H groups in total. The molecule has 2 aliphatic rings. The number of nitrogens with one attached hydrogen (secondary N) is 1. The Hall–Kier alpha value is -1.11. The van der Waals surface area contributed by atoms with E-state index in [1.807, 2.05) is 25.1 Å². The zero-order valence-electron chi connectivity index (χ0n) is 17.9. The minimum atomic E-state index is -4.31. The number of ether oxygens (including phenoxy) is 2. The molecule has 2 saturated heterocycles. The number of halogens is 4. The smallest absolute Gasteiger partial charge is 0.379 e. The van der Waals surface area contributed by atoms with Crippen LogP contribution in [0.3, 0.4) is 0 Å². The first-order valence-electron chi connectivity index (χ1n) is 10.5. The number of guanidine groups is 1.